The summed E-state index contributed by atoms with van der Waals surface area (Å²) in [6.07, 6.45) is 2.56. The molecule has 2 aromatic rings. The van der Waals surface area contributed by atoms with Gasteiger partial charge in [-0.15, -0.1) is 0 Å². The lowest BCUT2D eigenvalue weighted by molar-refractivity contribution is 0.539. The fraction of sp³-hybridized carbons (Fsp3) is 0.312. The Balaban J connectivity index is 2.41. The van der Waals surface area contributed by atoms with Crippen LogP contribution < -0.4 is 5.32 Å². The number of nitrogens with one attached hydrogen (secondary N) is 1. The summed E-state index contributed by atoms with van der Waals surface area (Å²) in [7, 11) is 0. The minimum atomic E-state index is -0.257. The van der Waals surface area contributed by atoms with Gasteiger partial charge in [0.1, 0.15) is 5.82 Å². The topological polar surface area (TPSA) is 24.9 Å². The third-order valence-electron chi connectivity index (χ3n) is 3.11. The highest BCUT2D eigenvalue weighted by Crippen LogP contribution is 2.25. The van der Waals surface area contributed by atoms with Crippen LogP contribution in [0.15, 0.2) is 36.5 Å². The molecule has 20 heavy (non-hydrogen) atoms. The molecule has 0 spiro atoms. The number of aromatic nitrogens is 1. The highest BCUT2D eigenvalue weighted by atomic mass is 35.5. The van der Waals surface area contributed by atoms with E-state index in [-0.39, 0.29) is 11.9 Å². The van der Waals surface area contributed by atoms with Gasteiger partial charge in [0.05, 0.1) is 16.8 Å². The van der Waals surface area contributed by atoms with E-state index in [1.807, 2.05) is 19.1 Å². The molecule has 4 heteroatoms. The number of aryl methyl sites for hydroxylation is 1. The van der Waals surface area contributed by atoms with Gasteiger partial charge in [-0.25, -0.2) is 4.39 Å². The molecule has 0 aliphatic rings. The molecule has 106 valence electrons. The maximum absolute atomic E-state index is 14.1. The highest BCUT2D eigenvalue weighted by molar-refractivity contribution is 6.30. The van der Waals surface area contributed by atoms with Crippen LogP contribution in [0, 0.1) is 12.7 Å². The standard InChI is InChI=1S/C16H18ClFN2/c1-3-8-19-16(15-7-5-12(17)10-20-15)13-9-11(2)4-6-14(13)18/h4-7,9-10,16,19H,3,8H2,1-2H3. The molecular formula is C16H18ClFN2. The normalized spacial score (nSPS) is 12.4. The Morgan fingerprint density at radius 2 is 2.10 bits per heavy atom. The number of rotatable bonds is 5. The smallest absolute Gasteiger partial charge is 0.128 e. The molecule has 0 bridgehead atoms. The predicted octanol–water partition coefficient (Wildman–Crippen LogP) is 4.27. The molecule has 0 radical (unpaired) electrons. The van der Waals surface area contributed by atoms with Crippen molar-refractivity contribution >= 4 is 11.6 Å². The summed E-state index contributed by atoms with van der Waals surface area (Å²) in [6, 6.07) is 8.48. The van der Waals surface area contributed by atoms with E-state index in [1.54, 1.807) is 18.3 Å². The Kier molecular flexibility index (Phi) is 5.10. The molecule has 0 fully saturated rings. The van der Waals surface area contributed by atoms with Gasteiger partial charge >= 0.3 is 0 Å². The zero-order valence-electron chi connectivity index (χ0n) is 11.7. The van der Waals surface area contributed by atoms with E-state index >= 15 is 0 Å². The molecule has 0 aliphatic heterocycles. The number of pyridine rings is 1. The van der Waals surface area contributed by atoms with Crippen LogP contribution in [0.4, 0.5) is 4.39 Å². The lowest BCUT2D eigenvalue weighted by Crippen LogP contribution is -2.25. The SMILES string of the molecule is CCCNC(c1ccc(Cl)cn1)c1cc(C)ccc1F. The Bertz CT molecular complexity index is 569. The average Bonchev–Trinajstić information content (AvgIpc) is 2.44. The quantitative estimate of drug-likeness (QED) is 0.890. The van der Waals surface area contributed by atoms with E-state index < -0.39 is 0 Å². The zero-order chi connectivity index (χ0) is 14.5. The first-order valence-electron chi connectivity index (χ1n) is 6.72. The van der Waals surface area contributed by atoms with Crippen LogP contribution >= 0.6 is 11.6 Å². The number of benzene rings is 1. The summed E-state index contributed by atoms with van der Waals surface area (Å²) in [6.45, 7) is 4.82. The first-order chi connectivity index (χ1) is 9.61. The molecular weight excluding hydrogens is 275 g/mol. The van der Waals surface area contributed by atoms with E-state index in [2.05, 4.69) is 17.2 Å². The lowest BCUT2D eigenvalue weighted by atomic mass is 10.00. The second-order valence-electron chi connectivity index (χ2n) is 4.81. The van der Waals surface area contributed by atoms with E-state index in [9.17, 15) is 4.39 Å². The number of nitrogens with zero attached hydrogens (tertiary/aromatic N) is 1. The van der Waals surface area contributed by atoms with E-state index in [4.69, 9.17) is 11.6 Å². The van der Waals surface area contributed by atoms with E-state index in [0.29, 0.717) is 10.6 Å². The van der Waals surface area contributed by atoms with Crippen molar-refractivity contribution in [3.63, 3.8) is 0 Å². The monoisotopic (exact) mass is 292 g/mol. The van der Waals surface area contributed by atoms with Crippen molar-refractivity contribution in [2.45, 2.75) is 26.3 Å². The molecule has 0 amide bonds. The summed E-state index contributed by atoms with van der Waals surface area (Å²) in [5.41, 5.74) is 2.42. The van der Waals surface area contributed by atoms with Crippen LogP contribution in [-0.2, 0) is 0 Å². The first kappa shape index (κ1) is 14.9. The van der Waals surface area contributed by atoms with Gasteiger partial charge in [-0.1, -0.05) is 36.2 Å². The number of halogens is 2. The fourth-order valence-corrected chi connectivity index (χ4v) is 2.22. The Morgan fingerprint density at radius 3 is 2.75 bits per heavy atom. The van der Waals surface area contributed by atoms with Gasteiger partial charge < -0.3 is 5.32 Å². The summed E-state index contributed by atoms with van der Waals surface area (Å²) in [5, 5.41) is 3.92. The van der Waals surface area contributed by atoms with Crippen LogP contribution in [0.25, 0.3) is 0 Å². The minimum absolute atomic E-state index is 0.221. The predicted molar refractivity (Wildman–Crippen MR) is 80.5 cm³/mol. The van der Waals surface area contributed by atoms with Crippen molar-refractivity contribution in [3.8, 4) is 0 Å². The van der Waals surface area contributed by atoms with Crippen LogP contribution in [0.5, 0.6) is 0 Å². The third kappa shape index (κ3) is 3.56. The van der Waals surface area contributed by atoms with Crippen molar-refractivity contribution in [2.24, 2.45) is 0 Å². The summed E-state index contributed by atoms with van der Waals surface area (Å²) >= 11 is 5.87. The molecule has 1 aromatic heterocycles. The van der Waals surface area contributed by atoms with Crippen LogP contribution in [-0.4, -0.2) is 11.5 Å². The third-order valence-corrected chi connectivity index (χ3v) is 3.33. The molecule has 2 rings (SSSR count). The van der Waals surface area contributed by atoms with Crippen molar-refractivity contribution in [1.29, 1.82) is 0 Å². The maximum Gasteiger partial charge on any atom is 0.128 e. The second kappa shape index (κ2) is 6.82. The fourth-order valence-electron chi connectivity index (χ4n) is 2.10. The summed E-state index contributed by atoms with van der Waals surface area (Å²) < 4.78 is 14.1. The Labute approximate surface area is 124 Å². The lowest BCUT2D eigenvalue weighted by Gasteiger charge is -2.19. The molecule has 2 nitrogen and oxygen atoms in total. The van der Waals surface area contributed by atoms with Crippen molar-refractivity contribution in [2.75, 3.05) is 6.54 Å². The summed E-state index contributed by atoms with van der Waals surface area (Å²) in [4.78, 5) is 4.32. The maximum atomic E-state index is 14.1. The van der Waals surface area contributed by atoms with Gasteiger partial charge in [-0.2, -0.15) is 0 Å². The Hall–Kier alpha value is -1.45. The van der Waals surface area contributed by atoms with Crippen LogP contribution in [0.1, 0.15) is 36.2 Å². The van der Waals surface area contributed by atoms with Gasteiger partial charge in [0.25, 0.3) is 0 Å². The molecule has 1 N–H and O–H groups in total. The Morgan fingerprint density at radius 1 is 1.30 bits per heavy atom. The van der Waals surface area contributed by atoms with E-state index in [1.165, 1.54) is 6.07 Å². The van der Waals surface area contributed by atoms with Crippen LogP contribution in [0.3, 0.4) is 0 Å². The largest absolute Gasteiger partial charge is 0.305 e. The van der Waals surface area contributed by atoms with Gasteiger partial charge in [0.2, 0.25) is 0 Å². The summed E-state index contributed by atoms with van der Waals surface area (Å²) in [5.74, 6) is -0.221. The molecule has 0 saturated carbocycles. The zero-order valence-corrected chi connectivity index (χ0v) is 12.4. The molecule has 1 atom stereocenters. The number of hydrogen-bond donors (Lipinski definition) is 1. The molecule has 1 aromatic carbocycles. The molecule has 0 aliphatic carbocycles. The second-order valence-corrected chi connectivity index (χ2v) is 5.25. The van der Waals surface area contributed by atoms with Crippen molar-refractivity contribution < 1.29 is 4.39 Å². The highest BCUT2D eigenvalue weighted by Gasteiger charge is 2.18. The van der Waals surface area contributed by atoms with Crippen molar-refractivity contribution in [3.05, 3.63) is 64.2 Å². The van der Waals surface area contributed by atoms with E-state index in [0.717, 1.165) is 24.2 Å². The van der Waals surface area contributed by atoms with Gasteiger partial charge in [-0.3, -0.25) is 4.98 Å². The van der Waals surface area contributed by atoms with Crippen LogP contribution in [0.2, 0.25) is 5.02 Å². The van der Waals surface area contributed by atoms with Crippen molar-refractivity contribution in [1.82, 2.24) is 10.3 Å². The van der Waals surface area contributed by atoms with Gasteiger partial charge in [-0.05, 0) is 38.1 Å². The van der Waals surface area contributed by atoms with Gasteiger partial charge in [0, 0.05) is 11.8 Å². The molecule has 1 heterocycles. The molecule has 0 saturated heterocycles. The number of hydrogen-bond acceptors (Lipinski definition) is 2. The molecule has 1 unspecified atom stereocenters. The minimum Gasteiger partial charge on any atom is -0.305 e. The first-order valence-corrected chi connectivity index (χ1v) is 7.10. The average molecular weight is 293 g/mol. The van der Waals surface area contributed by atoms with Gasteiger partial charge in [0.15, 0.2) is 0 Å².